The van der Waals surface area contributed by atoms with Crippen molar-refractivity contribution in [3.05, 3.63) is 18.5 Å². The van der Waals surface area contributed by atoms with Gasteiger partial charge in [-0.25, -0.2) is 14.8 Å². The van der Waals surface area contributed by atoms with Gasteiger partial charge in [0.2, 0.25) is 0 Å². The number of carbonyl (C=O) groups is 1. The van der Waals surface area contributed by atoms with Crippen molar-refractivity contribution in [2.24, 2.45) is 0 Å². The van der Waals surface area contributed by atoms with Gasteiger partial charge in [-0.05, 0) is 52.8 Å². The minimum absolute atomic E-state index is 0.278. The number of carbonyl (C=O) groups excluding carboxylic acids is 1. The van der Waals surface area contributed by atoms with E-state index in [9.17, 15) is 4.79 Å². The average molecular weight is 516 g/mol. The second-order valence-electron chi connectivity index (χ2n) is 10.6. The summed E-state index contributed by atoms with van der Waals surface area (Å²) in [4.78, 5) is 28.0. The van der Waals surface area contributed by atoms with E-state index >= 15 is 0 Å². The number of methoxy groups -OCH3 is 1. The van der Waals surface area contributed by atoms with Crippen LogP contribution < -0.4 is 14.4 Å². The Kier molecular flexibility index (Phi) is 9.26. The molecule has 0 saturated carbocycles. The smallest absolute Gasteiger partial charge is 0.410 e. The molecule has 2 saturated heterocycles. The Morgan fingerprint density at radius 2 is 1.59 bits per heavy atom. The second kappa shape index (κ2) is 12.6. The molecule has 0 radical (unpaired) electrons. The fourth-order valence-corrected chi connectivity index (χ4v) is 4.66. The fourth-order valence-electron chi connectivity index (χ4n) is 4.66. The Labute approximate surface area is 219 Å². The number of piperazine rings is 1. The number of amides is 1. The first kappa shape index (κ1) is 27.2. The summed E-state index contributed by atoms with van der Waals surface area (Å²) >= 11 is 0. The highest BCUT2D eigenvalue weighted by Gasteiger charge is 2.27. The lowest BCUT2D eigenvalue weighted by Gasteiger charge is -2.36. The molecule has 1 aromatic carbocycles. The zero-order valence-electron chi connectivity index (χ0n) is 22.7. The van der Waals surface area contributed by atoms with Crippen molar-refractivity contribution < 1.29 is 23.7 Å². The summed E-state index contributed by atoms with van der Waals surface area (Å²) in [5.41, 5.74) is 0.288. The van der Waals surface area contributed by atoms with E-state index in [4.69, 9.17) is 18.9 Å². The van der Waals surface area contributed by atoms with Crippen molar-refractivity contribution in [3.63, 3.8) is 0 Å². The first-order chi connectivity index (χ1) is 17.8. The number of fused-ring (bicyclic) bond motifs is 1. The van der Waals surface area contributed by atoms with Gasteiger partial charge in [0.15, 0.2) is 11.5 Å². The lowest BCUT2D eigenvalue weighted by atomic mass is 10.1. The summed E-state index contributed by atoms with van der Waals surface area (Å²) in [7, 11) is 1.66. The molecule has 2 aliphatic rings. The van der Waals surface area contributed by atoms with Gasteiger partial charge in [-0.15, -0.1) is 0 Å². The zero-order chi connectivity index (χ0) is 26.3. The van der Waals surface area contributed by atoms with E-state index in [2.05, 4.69) is 19.8 Å². The summed E-state index contributed by atoms with van der Waals surface area (Å²) < 4.78 is 23.0. The van der Waals surface area contributed by atoms with Crippen LogP contribution in [0.25, 0.3) is 10.9 Å². The number of rotatable bonds is 9. The van der Waals surface area contributed by atoms with Crippen molar-refractivity contribution in [1.29, 1.82) is 0 Å². The Morgan fingerprint density at radius 3 is 2.30 bits per heavy atom. The third kappa shape index (κ3) is 7.58. The Bertz CT molecular complexity index is 1030. The molecule has 0 unspecified atom stereocenters. The van der Waals surface area contributed by atoms with Gasteiger partial charge in [0.1, 0.15) is 31.0 Å². The molecule has 10 heteroatoms. The highest BCUT2D eigenvalue weighted by molar-refractivity contribution is 5.92. The first-order valence-electron chi connectivity index (χ1n) is 13.3. The van der Waals surface area contributed by atoms with E-state index < -0.39 is 5.60 Å². The van der Waals surface area contributed by atoms with Gasteiger partial charge < -0.3 is 28.7 Å². The molecule has 10 nitrogen and oxygen atoms in total. The number of anilines is 1. The van der Waals surface area contributed by atoms with Gasteiger partial charge in [0.05, 0.1) is 12.1 Å². The molecule has 0 bridgehead atoms. The molecule has 1 aromatic heterocycles. The largest absolute Gasteiger partial charge is 0.488 e. The summed E-state index contributed by atoms with van der Waals surface area (Å²) in [6.45, 7) is 12.7. The third-order valence-corrected chi connectivity index (χ3v) is 6.57. The van der Waals surface area contributed by atoms with E-state index in [1.54, 1.807) is 18.3 Å². The SMILES string of the molecule is COCCOc1cc2c(N3CCN(C(=O)OC(C)(C)C)CC3)ncnc2cc1OCCN1CCCCC1. The Morgan fingerprint density at radius 1 is 0.892 bits per heavy atom. The molecule has 2 aromatic rings. The normalized spacial score (nSPS) is 17.2. The molecule has 37 heavy (non-hydrogen) atoms. The molecular formula is C27H41N5O5. The van der Waals surface area contributed by atoms with E-state index in [1.165, 1.54) is 19.3 Å². The number of aromatic nitrogens is 2. The Balaban J connectivity index is 1.48. The monoisotopic (exact) mass is 515 g/mol. The predicted octanol–water partition coefficient (Wildman–Crippen LogP) is 3.58. The van der Waals surface area contributed by atoms with Crippen LogP contribution in [0.4, 0.5) is 10.6 Å². The average Bonchev–Trinajstić information content (AvgIpc) is 2.88. The molecule has 0 N–H and O–H groups in total. The maximum absolute atomic E-state index is 12.5. The number of hydrogen-bond acceptors (Lipinski definition) is 9. The van der Waals surface area contributed by atoms with Crippen LogP contribution in [0.3, 0.4) is 0 Å². The molecule has 4 rings (SSSR count). The van der Waals surface area contributed by atoms with Crippen LogP contribution in [0, 0.1) is 0 Å². The van der Waals surface area contributed by atoms with Crippen LogP contribution in [0.2, 0.25) is 0 Å². The van der Waals surface area contributed by atoms with Crippen LogP contribution in [0.5, 0.6) is 11.5 Å². The molecule has 0 spiro atoms. The fraction of sp³-hybridized carbons (Fsp3) is 0.667. The van der Waals surface area contributed by atoms with E-state index in [0.29, 0.717) is 57.5 Å². The van der Waals surface area contributed by atoms with Gasteiger partial charge in [-0.3, -0.25) is 4.90 Å². The van der Waals surface area contributed by atoms with Crippen LogP contribution in [0.15, 0.2) is 18.5 Å². The summed E-state index contributed by atoms with van der Waals surface area (Å²) in [5, 5.41) is 0.893. The predicted molar refractivity (Wildman–Crippen MR) is 143 cm³/mol. The van der Waals surface area contributed by atoms with E-state index in [0.717, 1.165) is 36.4 Å². The van der Waals surface area contributed by atoms with Gasteiger partial charge in [-0.1, -0.05) is 6.42 Å². The number of nitrogens with zero attached hydrogens (tertiary/aromatic N) is 5. The molecule has 1 amide bonds. The maximum Gasteiger partial charge on any atom is 0.410 e. The minimum atomic E-state index is -0.510. The van der Waals surface area contributed by atoms with E-state index in [-0.39, 0.29) is 6.09 Å². The molecule has 0 aliphatic carbocycles. The summed E-state index contributed by atoms with van der Waals surface area (Å²) in [5.74, 6) is 2.16. The van der Waals surface area contributed by atoms with Gasteiger partial charge in [0, 0.05) is 51.3 Å². The van der Waals surface area contributed by atoms with Crippen molar-refractivity contribution in [2.75, 3.05) is 77.6 Å². The Hall–Kier alpha value is -2.85. The zero-order valence-corrected chi connectivity index (χ0v) is 22.7. The number of hydrogen-bond donors (Lipinski definition) is 0. The van der Waals surface area contributed by atoms with E-state index in [1.807, 2.05) is 32.9 Å². The van der Waals surface area contributed by atoms with Crippen LogP contribution in [0.1, 0.15) is 40.0 Å². The standard InChI is InChI=1S/C27H41N5O5/c1-27(2,3)37-26(33)32-12-10-31(11-13-32)25-21-18-23(36-17-16-34-4)24(19-22(21)28-20-29-25)35-15-14-30-8-6-5-7-9-30/h18-20H,5-17H2,1-4H3. The van der Waals surface area contributed by atoms with Gasteiger partial charge in [-0.2, -0.15) is 0 Å². The lowest BCUT2D eigenvalue weighted by molar-refractivity contribution is 0.0240. The van der Waals surface area contributed by atoms with Crippen molar-refractivity contribution >= 4 is 22.8 Å². The number of likely N-dealkylation sites (tertiary alicyclic amines) is 1. The highest BCUT2D eigenvalue weighted by atomic mass is 16.6. The van der Waals surface area contributed by atoms with Crippen LogP contribution in [-0.4, -0.2) is 104 Å². The van der Waals surface area contributed by atoms with Gasteiger partial charge in [0.25, 0.3) is 0 Å². The first-order valence-corrected chi connectivity index (χ1v) is 13.3. The molecule has 2 fully saturated rings. The lowest BCUT2D eigenvalue weighted by Crippen LogP contribution is -2.50. The summed E-state index contributed by atoms with van der Waals surface area (Å²) in [6.07, 6.45) is 5.14. The van der Waals surface area contributed by atoms with Crippen molar-refractivity contribution in [2.45, 2.75) is 45.6 Å². The molecule has 0 atom stereocenters. The van der Waals surface area contributed by atoms with Crippen LogP contribution in [-0.2, 0) is 9.47 Å². The van der Waals surface area contributed by atoms with Crippen molar-refractivity contribution in [3.8, 4) is 11.5 Å². The quantitative estimate of drug-likeness (QED) is 0.465. The highest BCUT2D eigenvalue weighted by Crippen LogP contribution is 2.35. The van der Waals surface area contributed by atoms with Crippen LogP contribution >= 0.6 is 0 Å². The number of ether oxygens (including phenoxy) is 4. The molecule has 204 valence electrons. The third-order valence-electron chi connectivity index (χ3n) is 6.57. The second-order valence-corrected chi connectivity index (χ2v) is 10.6. The summed E-state index contributed by atoms with van der Waals surface area (Å²) in [6, 6.07) is 3.91. The van der Waals surface area contributed by atoms with Crippen molar-refractivity contribution in [1.82, 2.24) is 19.8 Å². The molecular weight excluding hydrogens is 474 g/mol. The molecule has 2 aliphatic heterocycles. The van der Waals surface area contributed by atoms with Gasteiger partial charge >= 0.3 is 6.09 Å². The minimum Gasteiger partial charge on any atom is -0.488 e. The molecule has 3 heterocycles. The maximum atomic E-state index is 12.5. The topological polar surface area (TPSA) is 89.5 Å². The number of piperidine rings is 1. The number of benzene rings is 1.